The molecule has 1 aliphatic heterocycles. The average molecular weight is 202 g/mol. The molecule has 0 aliphatic carbocycles. The van der Waals surface area contributed by atoms with Crippen molar-refractivity contribution >= 4 is 10.9 Å². The van der Waals surface area contributed by atoms with Crippen LogP contribution in [0.15, 0.2) is 24.3 Å². The van der Waals surface area contributed by atoms with Crippen LogP contribution in [0.25, 0.3) is 10.9 Å². The van der Waals surface area contributed by atoms with E-state index in [-0.39, 0.29) is 6.17 Å². The lowest BCUT2D eigenvalue weighted by molar-refractivity contribution is 0.424. The van der Waals surface area contributed by atoms with Gasteiger partial charge in [-0.25, -0.2) is 0 Å². The van der Waals surface area contributed by atoms with Gasteiger partial charge in [0.05, 0.1) is 11.7 Å². The number of fused-ring (bicyclic) bond motifs is 3. The van der Waals surface area contributed by atoms with Gasteiger partial charge in [0.15, 0.2) is 0 Å². The number of hydrogen-bond acceptors (Lipinski definition) is 2. The predicted octanol–water partition coefficient (Wildman–Crippen LogP) is 2.14. The van der Waals surface area contributed by atoms with E-state index in [0.29, 0.717) is 5.75 Å². The molecule has 0 fully saturated rings. The van der Waals surface area contributed by atoms with Crippen molar-refractivity contribution in [2.75, 3.05) is 0 Å². The Morgan fingerprint density at radius 1 is 1.33 bits per heavy atom. The van der Waals surface area contributed by atoms with Gasteiger partial charge in [0.2, 0.25) is 0 Å². The van der Waals surface area contributed by atoms with Crippen molar-refractivity contribution < 1.29 is 5.11 Å². The highest BCUT2D eigenvalue weighted by Crippen LogP contribution is 2.31. The van der Waals surface area contributed by atoms with Crippen molar-refractivity contribution in [1.29, 1.82) is 0 Å². The molecule has 0 spiro atoms. The van der Waals surface area contributed by atoms with Gasteiger partial charge in [-0.1, -0.05) is 0 Å². The SMILES string of the molecule is NC1CCCc2cc3ccc(O)cc3n21. The van der Waals surface area contributed by atoms with E-state index in [2.05, 4.69) is 10.6 Å². The van der Waals surface area contributed by atoms with E-state index in [1.165, 1.54) is 11.1 Å². The van der Waals surface area contributed by atoms with Crippen molar-refractivity contribution in [2.24, 2.45) is 5.73 Å². The quantitative estimate of drug-likeness (QED) is 0.687. The Balaban J connectivity index is 2.33. The van der Waals surface area contributed by atoms with Crippen LogP contribution in [-0.2, 0) is 6.42 Å². The predicted molar refractivity (Wildman–Crippen MR) is 59.8 cm³/mol. The summed E-state index contributed by atoms with van der Waals surface area (Å²) in [6.07, 6.45) is 3.33. The maximum absolute atomic E-state index is 9.48. The molecule has 3 rings (SSSR count). The Labute approximate surface area is 88.1 Å². The molecule has 0 saturated heterocycles. The highest BCUT2D eigenvalue weighted by molar-refractivity contribution is 5.83. The lowest BCUT2D eigenvalue weighted by Gasteiger charge is -2.23. The highest BCUT2D eigenvalue weighted by atomic mass is 16.3. The summed E-state index contributed by atoms with van der Waals surface area (Å²) in [4.78, 5) is 0. The first kappa shape index (κ1) is 8.80. The van der Waals surface area contributed by atoms with Crippen LogP contribution in [-0.4, -0.2) is 9.67 Å². The fourth-order valence-electron chi connectivity index (χ4n) is 2.47. The second-order valence-electron chi connectivity index (χ2n) is 4.21. The first-order chi connectivity index (χ1) is 7.25. The molecule has 1 unspecified atom stereocenters. The van der Waals surface area contributed by atoms with Crippen molar-refractivity contribution in [3.05, 3.63) is 30.0 Å². The number of rotatable bonds is 0. The van der Waals surface area contributed by atoms with Crippen LogP contribution in [0.2, 0.25) is 0 Å². The zero-order valence-electron chi connectivity index (χ0n) is 8.48. The Morgan fingerprint density at radius 3 is 3.07 bits per heavy atom. The van der Waals surface area contributed by atoms with E-state index in [0.717, 1.165) is 24.8 Å². The largest absolute Gasteiger partial charge is 0.508 e. The van der Waals surface area contributed by atoms with Crippen LogP contribution in [0.5, 0.6) is 5.75 Å². The molecule has 2 aromatic rings. The molecule has 3 heteroatoms. The maximum Gasteiger partial charge on any atom is 0.117 e. The van der Waals surface area contributed by atoms with E-state index in [1.807, 2.05) is 6.07 Å². The van der Waals surface area contributed by atoms with Gasteiger partial charge in [0.1, 0.15) is 5.75 Å². The molecular weight excluding hydrogens is 188 g/mol. The molecule has 3 N–H and O–H groups in total. The summed E-state index contributed by atoms with van der Waals surface area (Å²) >= 11 is 0. The highest BCUT2D eigenvalue weighted by Gasteiger charge is 2.18. The summed E-state index contributed by atoms with van der Waals surface area (Å²) in [7, 11) is 0. The number of benzene rings is 1. The van der Waals surface area contributed by atoms with E-state index in [4.69, 9.17) is 5.73 Å². The normalized spacial score (nSPS) is 20.5. The number of hydrogen-bond donors (Lipinski definition) is 2. The van der Waals surface area contributed by atoms with Gasteiger partial charge in [0, 0.05) is 17.1 Å². The van der Waals surface area contributed by atoms with Crippen molar-refractivity contribution in [3.63, 3.8) is 0 Å². The van der Waals surface area contributed by atoms with Crippen molar-refractivity contribution in [3.8, 4) is 5.75 Å². The van der Waals surface area contributed by atoms with E-state index in [9.17, 15) is 5.11 Å². The molecule has 1 aromatic carbocycles. The van der Waals surface area contributed by atoms with Crippen LogP contribution < -0.4 is 5.73 Å². The summed E-state index contributed by atoms with van der Waals surface area (Å²) in [6.45, 7) is 0. The van der Waals surface area contributed by atoms with E-state index < -0.39 is 0 Å². The molecule has 0 saturated carbocycles. The Hall–Kier alpha value is -1.48. The summed E-state index contributed by atoms with van der Waals surface area (Å²) in [5.41, 5.74) is 8.43. The molecule has 0 bridgehead atoms. The smallest absolute Gasteiger partial charge is 0.117 e. The minimum atomic E-state index is 0.0630. The number of nitrogens with two attached hydrogens (primary N) is 1. The van der Waals surface area contributed by atoms with Crippen LogP contribution >= 0.6 is 0 Å². The van der Waals surface area contributed by atoms with Crippen LogP contribution in [0.1, 0.15) is 24.7 Å². The van der Waals surface area contributed by atoms with Crippen LogP contribution in [0.3, 0.4) is 0 Å². The average Bonchev–Trinajstić information content (AvgIpc) is 2.57. The standard InChI is InChI=1S/C12H14N2O/c13-12-3-1-2-9-6-8-4-5-10(15)7-11(8)14(9)12/h4-7,12,15H,1-3,13H2. The summed E-state index contributed by atoms with van der Waals surface area (Å²) in [5.74, 6) is 0.307. The number of aromatic hydroxyl groups is 1. The zero-order valence-corrected chi connectivity index (χ0v) is 8.48. The maximum atomic E-state index is 9.48. The van der Waals surface area contributed by atoms with E-state index >= 15 is 0 Å². The third-order valence-corrected chi connectivity index (χ3v) is 3.17. The fourth-order valence-corrected chi connectivity index (χ4v) is 2.47. The summed E-state index contributed by atoms with van der Waals surface area (Å²) in [6, 6.07) is 7.64. The Morgan fingerprint density at radius 2 is 2.20 bits per heavy atom. The molecular formula is C12H14N2O. The monoisotopic (exact) mass is 202 g/mol. The van der Waals surface area contributed by atoms with Crippen molar-refractivity contribution in [2.45, 2.75) is 25.4 Å². The van der Waals surface area contributed by atoms with Gasteiger partial charge in [0.25, 0.3) is 0 Å². The van der Waals surface area contributed by atoms with Gasteiger partial charge in [-0.3, -0.25) is 0 Å². The van der Waals surface area contributed by atoms with Gasteiger partial charge in [-0.2, -0.15) is 0 Å². The molecule has 3 nitrogen and oxygen atoms in total. The Kier molecular flexibility index (Phi) is 1.76. The summed E-state index contributed by atoms with van der Waals surface area (Å²) < 4.78 is 2.15. The van der Waals surface area contributed by atoms with E-state index in [1.54, 1.807) is 12.1 Å². The van der Waals surface area contributed by atoms with Crippen LogP contribution in [0, 0.1) is 0 Å². The number of phenolic OH excluding ortho intramolecular Hbond substituents is 1. The minimum absolute atomic E-state index is 0.0630. The second-order valence-corrected chi connectivity index (χ2v) is 4.21. The zero-order chi connectivity index (χ0) is 10.4. The number of aryl methyl sites for hydroxylation is 1. The lowest BCUT2D eigenvalue weighted by atomic mass is 10.1. The van der Waals surface area contributed by atoms with Gasteiger partial charge >= 0.3 is 0 Å². The summed E-state index contributed by atoms with van der Waals surface area (Å²) in [5, 5.41) is 10.6. The second kappa shape index (κ2) is 3.00. The molecule has 78 valence electrons. The number of aromatic nitrogens is 1. The molecule has 0 amide bonds. The molecule has 0 radical (unpaired) electrons. The third kappa shape index (κ3) is 1.23. The molecule has 15 heavy (non-hydrogen) atoms. The molecule has 1 aliphatic rings. The third-order valence-electron chi connectivity index (χ3n) is 3.17. The van der Waals surface area contributed by atoms with Gasteiger partial charge in [-0.15, -0.1) is 0 Å². The number of nitrogens with zero attached hydrogens (tertiary/aromatic N) is 1. The van der Waals surface area contributed by atoms with Crippen molar-refractivity contribution in [1.82, 2.24) is 4.57 Å². The first-order valence-electron chi connectivity index (χ1n) is 5.34. The van der Waals surface area contributed by atoms with Gasteiger partial charge in [-0.05, 0) is 37.5 Å². The minimum Gasteiger partial charge on any atom is -0.508 e. The number of phenols is 1. The van der Waals surface area contributed by atoms with Crippen LogP contribution in [0.4, 0.5) is 0 Å². The van der Waals surface area contributed by atoms with Gasteiger partial charge < -0.3 is 15.4 Å². The molecule has 2 heterocycles. The first-order valence-corrected chi connectivity index (χ1v) is 5.34. The topological polar surface area (TPSA) is 51.2 Å². The Bertz CT molecular complexity index is 516. The molecule has 1 atom stereocenters. The molecule has 1 aromatic heterocycles. The fraction of sp³-hybridized carbons (Fsp3) is 0.333. The lowest BCUT2D eigenvalue weighted by Crippen LogP contribution is -2.24.